The molecule has 1 aromatic carbocycles. The molecule has 1 aromatic heterocycles. The number of nitrogens with two attached hydrogens (primary N) is 1. The summed E-state index contributed by atoms with van der Waals surface area (Å²) in [5, 5.41) is 9.06. The number of aromatic amines is 1. The molecule has 0 saturated carbocycles. The first kappa shape index (κ1) is 10.2. The highest BCUT2D eigenvalue weighted by atomic mass is 16.4. The van der Waals surface area contributed by atoms with Gasteiger partial charge in [0.05, 0.1) is 11.3 Å². The Balaban J connectivity index is 2.64. The molecule has 5 nitrogen and oxygen atoms in total. The Morgan fingerprint density at radius 2 is 2.12 bits per heavy atom. The molecule has 0 aliphatic carbocycles. The number of nitrogen functional groups attached to an aromatic ring is 1. The lowest BCUT2D eigenvalue weighted by molar-refractivity contribution is 0.0697. The Kier molecular flexibility index (Phi) is 2.36. The van der Waals surface area contributed by atoms with Crippen molar-refractivity contribution in [2.75, 3.05) is 5.73 Å². The van der Waals surface area contributed by atoms with Gasteiger partial charge in [0.1, 0.15) is 0 Å². The maximum atomic E-state index is 11.0. The van der Waals surface area contributed by atoms with E-state index in [9.17, 15) is 4.79 Å². The van der Waals surface area contributed by atoms with Gasteiger partial charge in [0, 0.05) is 11.3 Å². The van der Waals surface area contributed by atoms with Crippen molar-refractivity contribution in [3.8, 4) is 11.3 Å². The van der Waals surface area contributed by atoms with Gasteiger partial charge >= 0.3 is 5.97 Å². The Morgan fingerprint density at radius 3 is 2.69 bits per heavy atom. The van der Waals surface area contributed by atoms with E-state index in [1.165, 1.54) is 0 Å². The number of H-pyrrole nitrogens is 1. The predicted octanol–water partition coefficient (Wildman–Crippen LogP) is 1.67. The zero-order chi connectivity index (χ0) is 11.7. The Bertz CT molecular complexity index is 546. The first-order valence-electron chi connectivity index (χ1n) is 4.74. The van der Waals surface area contributed by atoms with Crippen LogP contribution in [0.1, 0.15) is 16.1 Å². The number of carboxylic acid groups (broad SMARTS) is 1. The molecule has 0 fully saturated rings. The van der Waals surface area contributed by atoms with E-state index >= 15 is 0 Å². The van der Waals surface area contributed by atoms with E-state index in [4.69, 9.17) is 10.8 Å². The number of nitrogens with one attached hydrogen (secondary N) is 1. The highest BCUT2D eigenvalue weighted by Gasteiger charge is 2.15. The summed E-state index contributed by atoms with van der Waals surface area (Å²) in [7, 11) is 0. The lowest BCUT2D eigenvalue weighted by Gasteiger charge is -2.03. The van der Waals surface area contributed by atoms with Crippen molar-refractivity contribution >= 4 is 11.9 Å². The lowest BCUT2D eigenvalue weighted by atomic mass is 10.0. The average molecular weight is 217 g/mol. The second-order valence-corrected chi connectivity index (χ2v) is 3.45. The van der Waals surface area contributed by atoms with Crippen LogP contribution < -0.4 is 5.73 Å². The highest BCUT2D eigenvalue weighted by Crippen LogP contribution is 2.25. The summed E-state index contributed by atoms with van der Waals surface area (Å²) in [6, 6.07) is 6.71. The third kappa shape index (κ3) is 1.63. The minimum Gasteiger partial charge on any atom is -0.478 e. The van der Waals surface area contributed by atoms with Gasteiger partial charge in [0.25, 0.3) is 0 Å². The van der Waals surface area contributed by atoms with Gasteiger partial charge in [0.2, 0.25) is 0 Å². The van der Waals surface area contributed by atoms with Crippen LogP contribution in [0.4, 0.5) is 5.95 Å². The van der Waals surface area contributed by atoms with Crippen LogP contribution in [0.5, 0.6) is 0 Å². The quantitative estimate of drug-likeness (QED) is 0.713. The molecule has 0 aliphatic heterocycles. The summed E-state index contributed by atoms with van der Waals surface area (Å²) in [6.45, 7) is 1.80. The summed E-state index contributed by atoms with van der Waals surface area (Å²) in [4.78, 5) is 18.0. The SMILES string of the molecule is Cc1[nH]c(N)nc1-c1ccccc1C(=O)O. The van der Waals surface area contributed by atoms with E-state index in [1.54, 1.807) is 31.2 Å². The molecule has 0 radical (unpaired) electrons. The van der Waals surface area contributed by atoms with Gasteiger partial charge in [-0.25, -0.2) is 9.78 Å². The molecule has 1 heterocycles. The molecule has 5 heteroatoms. The van der Waals surface area contributed by atoms with Gasteiger partial charge < -0.3 is 15.8 Å². The fourth-order valence-corrected chi connectivity index (χ4v) is 1.62. The van der Waals surface area contributed by atoms with Gasteiger partial charge in [-0.3, -0.25) is 0 Å². The van der Waals surface area contributed by atoms with Gasteiger partial charge in [-0.15, -0.1) is 0 Å². The summed E-state index contributed by atoms with van der Waals surface area (Å²) < 4.78 is 0. The number of imidazole rings is 1. The number of carbonyl (C=O) groups is 1. The van der Waals surface area contributed by atoms with Crippen LogP contribution in [0.3, 0.4) is 0 Å². The van der Waals surface area contributed by atoms with Crippen LogP contribution in [-0.4, -0.2) is 21.0 Å². The molecular formula is C11H11N3O2. The summed E-state index contributed by atoms with van der Waals surface area (Å²) >= 11 is 0. The minimum absolute atomic E-state index is 0.220. The fraction of sp³-hybridized carbons (Fsp3) is 0.0909. The summed E-state index contributed by atoms with van der Waals surface area (Å²) in [6.07, 6.45) is 0. The predicted molar refractivity (Wildman–Crippen MR) is 60.1 cm³/mol. The molecular weight excluding hydrogens is 206 g/mol. The van der Waals surface area contributed by atoms with Crippen LogP contribution >= 0.6 is 0 Å². The highest BCUT2D eigenvalue weighted by molar-refractivity contribution is 5.95. The molecule has 0 spiro atoms. The number of anilines is 1. The van der Waals surface area contributed by atoms with E-state index in [0.29, 0.717) is 11.3 Å². The number of carboxylic acids is 1. The van der Waals surface area contributed by atoms with Gasteiger partial charge in [0.15, 0.2) is 5.95 Å². The van der Waals surface area contributed by atoms with Crippen molar-refractivity contribution in [1.29, 1.82) is 0 Å². The van der Waals surface area contributed by atoms with E-state index in [2.05, 4.69) is 9.97 Å². The first-order chi connectivity index (χ1) is 7.59. The van der Waals surface area contributed by atoms with Gasteiger partial charge in [-0.05, 0) is 13.0 Å². The van der Waals surface area contributed by atoms with E-state index in [0.717, 1.165) is 5.69 Å². The van der Waals surface area contributed by atoms with E-state index in [-0.39, 0.29) is 11.5 Å². The minimum atomic E-state index is -0.975. The summed E-state index contributed by atoms with van der Waals surface area (Å²) in [5.41, 5.74) is 7.65. The molecule has 0 bridgehead atoms. The molecule has 0 saturated heterocycles. The molecule has 0 unspecified atom stereocenters. The molecule has 0 amide bonds. The topological polar surface area (TPSA) is 92.0 Å². The Labute approximate surface area is 91.9 Å². The zero-order valence-electron chi connectivity index (χ0n) is 8.69. The monoisotopic (exact) mass is 217 g/mol. The van der Waals surface area contributed by atoms with Crippen molar-refractivity contribution in [3.63, 3.8) is 0 Å². The van der Waals surface area contributed by atoms with Crippen LogP contribution in [0.15, 0.2) is 24.3 Å². The first-order valence-corrected chi connectivity index (χ1v) is 4.74. The lowest BCUT2D eigenvalue weighted by Crippen LogP contribution is -1.99. The maximum absolute atomic E-state index is 11.0. The zero-order valence-corrected chi connectivity index (χ0v) is 8.69. The molecule has 2 rings (SSSR count). The molecule has 0 aliphatic rings. The number of rotatable bonds is 2. The van der Waals surface area contributed by atoms with Crippen LogP contribution in [0, 0.1) is 6.92 Å². The largest absolute Gasteiger partial charge is 0.478 e. The molecule has 82 valence electrons. The van der Waals surface area contributed by atoms with Crippen LogP contribution in [-0.2, 0) is 0 Å². The smallest absolute Gasteiger partial charge is 0.336 e. The second kappa shape index (κ2) is 3.69. The van der Waals surface area contributed by atoms with Crippen molar-refractivity contribution < 1.29 is 9.90 Å². The maximum Gasteiger partial charge on any atom is 0.336 e. The third-order valence-corrected chi connectivity index (χ3v) is 2.32. The molecule has 4 N–H and O–H groups in total. The Morgan fingerprint density at radius 1 is 1.44 bits per heavy atom. The van der Waals surface area contributed by atoms with Gasteiger partial charge in [-0.1, -0.05) is 18.2 Å². The molecule has 0 atom stereocenters. The number of nitrogens with zero attached hydrogens (tertiary/aromatic N) is 1. The average Bonchev–Trinajstić information content (AvgIpc) is 2.57. The van der Waals surface area contributed by atoms with Crippen molar-refractivity contribution in [1.82, 2.24) is 9.97 Å². The molecule has 16 heavy (non-hydrogen) atoms. The molecule has 2 aromatic rings. The van der Waals surface area contributed by atoms with Crippen molar-refractivity contribution in [2.24, 2.45) is 0 Å². The van der Waals surface area contributed by atoms with Gasteiger partial charge in [-0.2, -0.15) is 0 Å². The van der Waals surface area contributed by atoms with E-state index < -0.39 is 5.97 Å². The van der Waals surface area contributed by atoms with Crippen molar-refractivity contribution in [2.45, 2.75) is 6.92 Å². The third-order valence-electron chi connectivity index (χ3n) is 2.32. The number of aromatic carboxylic acids is 1. The van der Waals surface area contributed by atoms with Crippen molar-refractivity contribution in [3.05, 3.63) is 35.5 Å². The van der Waals surface area contributed by atoms with Crippen LogP contribution in [0.25, 0.3) is 11.3 Å². The fourth-order valence-electron chi connectivity index (χ4n) is 1.62. The normalized spacial score (nSPS) is 10.3. The summed E-state index contributed by atoms with van der Waals surface area (Å²) in [5.74, 6) is -0.690. The number of aryl methyl sites for hydroxylation is 1. The second-order valence-electron chi connectivity index (χ2n) is 3.45. The Hall–Kier alpha value is -2.30. The standard InChI is InChI=1S/C11H11N3O2/c1-6-9(14-11(12)13-6)7-4-2-3-5-8(7)10(15)16/h2-5H,1H3,(H,15,16)(H3,12,13,14). The number of benzene rings is 1. The van der Waals surface area contributed by atoms with Crippen LogP contribution in [0.2, 0.25) is 0 Å². The number of aromatic nitrogens is 2. The number of hydrogen-bond donors (Lipinski definition) is 3. The van der Waals surface area contributed by atoms with E-state index in [1.807, 2.05) is 0 Å². The number of hydrogen-bond acceptors (Lipinski definition) is 3.